The zero-order chi connectivity index (χ0) is 22.7. The van der Waals surface area contributed by atoms with Crippen molar-refractivity contribution >= 4 is 45.0 Å². The number of fused-ring (bicyclic) bond motifs is 4. The normalized spacial score (nSPS) is 24.5. The van der Waals surface area contributed by atoms with Crippen molar-refractivity contribution in [2.24, 2.45) is 0 Å². The van der Waals surface area contributed by atoms with Crippen molar-refractivity contribution in [3.05, 3.63) is 59.1 Å². The average molecular weight is 461 g/mol. The topological polar surface area (TPSA) is 73.8 Å². The van der Waals surface area contributed by atoms with Gasteiger partial charge in [-0.25, -0.2) is 4.98 Å². The first-order valence-electron chi connectivity index (χ1n) is 11.4. The zero-order valence-corrected chi connectivity index (χ0v) is 19.2. The molecular formula is C25H24N4O3S. The van der Waals surface area contributed by atoms with Gasteiger partial charge in [-0.3, -0.25) is 19.3 Å². The molecule has 8 heteroatoms. The third kappa shape index (κ3) is 3.00. The van der Waals surface area contributed by atoms with E-state index in [1.807, 2.05) is 48.2 Å². The molecule has 6 rings (SSSR count). The number of carbonyl (C=O) groups is 3. The molecular weight excluding hydrogens is 436 g/mol. The Balaban J connectivity index is 1.31. The van der Waals surface area contributed by atoms with Gasteiger partial charge < -0.3 is 9.80 Å². The molecule has 2 aromatic carbocycles. The summed E-state index contributed by atoms with van der Waals surface area (Å²) in [4.78, 5) is 49.8. The first kappa shape index (κ1) is 20.4. The fraction of sp³-hybridized carbons (Fsp3) is 0.360. The molecule has 33 heavy (non-hydrogen) atoms. The molecule has 3 amide bonds. The van der Waals surface area contributed by atoms with Crippen LogP contribution in [0.15, 0.2) is 48.5 Å². The Morgan fingerprint density at radius 1 is 1.15 bits per heavy atom. The van der Waals surface area contributed by atoms with Gasteiger partial charge in [0.25, 0.3) is 5.91 Å². The summed E-state index contributed by atoms with van der Waals surface area (Å²) >= 11 is 1.63. The molecule has 0 saturated carbocycles. The van der Waals surface area contributed by atoms with Crippen LogP contribution in [0.5, 0.6) is 0 Å². The molecule has 0 N–H and O–H groups in total. The highest BCUT2D eigenvalue weighted by Crippen LogP contribution is 2.44. The maximum absolute atomic E-state index is 13.6. The van der Waals surface area contributed by atoms with Crippen molar-refractivity contribution in [3.8, 4) is 0 Å². The number of benzene rings is 2. The molecule has 3 aliphatic heterocycles. The van der Waals surface area contributed by atoms with Crippen molar-refractivity contribution in [3.63, 3.8) is 0 Å². The Hall–Kier alpha value is -3.26. The quantitative estimate of drug-likeness (QED) is 0.593. The van der Waals surface area contributed by atoms with Crippen LogP contribution in [0.25, 0.3) is 10.2 Å². The van der Waals surface area contributed by atoms with Gasteiger partial charge in [0, 0.05) is 13.0 Å². The molecule has 0 radical (unpaired) electrons. The van der Waals surface area contributed by atoms with Crippen LogP contribution in [-0.4, -0.2) is 51.3 Å². The van der Waals surface area contributed by atoms with Crippen LogP contribution in [-0.2, 0) is 9.59 Å². The predicted molar refractivity (Wildman–Crippen MR) is 126 cm³/mol. The largest absolute Gasteiger partial charge is 0.332 e. The highest BCUT2D eigenvalue weighted by molar-refractivity contribution is 7.18. The molecule has 2 fully saturated rings. The molecule has 168 valence electrons. The molecule has 2 unspecified atom stereocenters. The van der Waals surface area contributed by atoms with E-state index in [-0.39, 0.29) is 30.3 Å². The molecule has 7 nitrogen and oxygen atoms in total. The van der Waals surface area contributed by atoms with E-state index in [0.717, 1.165) is 28.1 Å². The van der Waals surface area contributed by atoms with Crippen molar-refractivity contribution in [2.45, 2.75) is 44.3 Å². The minimum atomic E-state index is -0.830. The van der Waals surface area contributed by atoms with Crippen LogP contribution in [0.1, 0.15) is 54.0 Å². The van der Waals surface area contributed by atoms with Gasteiger partial charge >= 0.3 is 0 Å². The third-order valence-corrected chi connectivity index (χ3v) is 8.35. The SMILES string of the molecule is CC12CCC(=O)N1c1ccccc1C(=O)N2CC(=O)N1CCCC1c1nc2ccccc2s1. The number of likely N-dealkylation sites (tertiary alicyclic amines) is 1. The number of carbonyl (C=O) groups excluding carboxylic acids is 3. The standard InChI is InChI=1S/C25H24N4O3S/c1-25-13-12-21(30)29(25)18-9-4-2-7-16(18)24(32)28(25)15-22(31)27-14-6-10-19(27)23-26-17-8-3-5-11-20(17)33-23/h2-5,7-9,11,19H,6,10,12-15H2,1H3. The summed E-state index contributed by atoms with van der Waals surface area (Å²) in [6.45, 7) is 2.50. The lowest BCUT2D eigenvalue weighted by Gasteiger charge is -2.48. The van der Waals surface area contributed by atoms with Crippen LogP contribution >= 0.6 is 11.3 Å². The first-order chi connectivity index (χ1) is 16.0. The molecule has 2 atom stereocenters. The van der Waals surface area contributed by atoms with Gasteiger partial charge in [-0.15, -0.1) is 11.3 Å². The van der Waals surface area contributed by atoms with Gasteiger partial charge in [-0.05, 0) is 50.5 Å². The van der Waals surface area contributed by atoms with E-state index in [4.69, 9.17) is 4.98 Å². The highest BCUT2D eigenvalue weighted by Gasteiger charge is 2.53. The van der Waals surface area contributed by atoms with E-state index in [1.54, 1.807) is 33.3 Å². The smallest absolute Gasteiger partial charge is 0.258 e. The Kier molecular flexibility index (Phi) is 4.55. The monoisotopic (exact) mass is 460 g/mol. The minimum Gasteiger partial charge on any atom is -0.332 e. The fourth-order valence-corrected chi connectivity index (χ4v) is 6.64. The maximum atomic E-state index is 13.6. The Morgan fingerprint density at radius 3 is 2.79 bits per heavy atom. The summed E-state index contributed by atoms with van der Waals surface area (Å²) in [5.74, 6) is -0.295. The number of hydrogen-bond acceptors (Lipinski definition) is 5. The molecule has 4 heterocycles. The van der Waals surface area contributed by atoms with Gasteiger partial charge in [-0.1, -0.05) is 24.3 Å². The number of rotatable bonds is 3. The van der Waals surface area contributed by atoms with Crippen LogP contribution in [0.2, 0.25) is 0 Å². The van der Waals surface area contributed by atoms with E-state index in [0.29, 0.717) is 30.6 Å². The summed E-state index contributed by atoms with van der Waals surface area (Å²) < 4.78 is 1.11. The van der Waals surface area contributed by atoms with E-state index in [9.17, 15) is 14.4 Å². The number of para-hydroxylation sites is 2. The van der Waals surface area contributed by atoms with Gasteiger partial charge in [0.15, 0.2) is 0 Å². The molecule has 0 aliphatic carbocycles. The molecule has 3 aromatic rings. The number of anilines is 1. The van der Waals surface area contributed by atoms with Crippen molar-refractivity contribution in [1.82, 2.24) is 14.8 Å². The number of aromatic nitrogens is 1. The van der Waals surface area contributed by atoms with Gasteiger partial charge in [-0.2, -0.15) is 0 Å². The summed E-state index contributed by atoms with van der Waals surface area (Å²) in [6, 6.07) is 15.1. The molecule has 0 bridgehead atoms. The lowest BCUT2D eigenvalue weighted by Crippen LogP contribution is -2.64. The number of hydrogen-bond donors (Lipinski definition) is 0. The van der Waals surface area contributed by atoms with E-state index in [2.05, 4.69) is 0 Å². The Morgan fingerprint density at radius 2 is 1.94 bits per heavy atom. The first-order valence-corrected chi connectivity index (χ1v) is 12.2. The third-order valence-electron chi connectivity index (χ3n) is 7.21. The molecule has 1 aromatic heterocycles. The molecule has 2 saturated heterocycles. The van der Waals surface area contributed by atoms with Crippen LogP contribution in [0.4, 0.5) is 5.69 Å². The lowest BCUT2D eigenvalue weighted by atomic mass is 9.98. The Labute approximate surface area is 195 Å². The van der Waals surface area contributed by atoms with E-state index < -0.39 is 5.66 Å². The second kappa shape index (κ2) is 7.38. The second-order valence-corrected chi connectivity index (χ2v) is 10.2. The lowest BCUT2D eigenvalue weighted by molar-refractivity contribution is -0.134. The summed E-state index contributed by atoms with van der Waals surface area (Å²) in [7, 11) is 0. The van der Waals surface area contributed by atoms with Gasteiger partial charge in [0.05, 0.1) is 27.5 Å². The number of amides is 3. The van der Waals surface area contributed by atoms with Crippen LogP contribution in [0, 0.1) is 0 Å². The Bertz CT molecular complexity index is 1270. The van der Waals surface area contributed by atoms with E-state index in [1.165, 1.54) is 0 Å². The second-order valence-electron chi connectivity index (χ2n) is 9.12. The highest BCUT2D eigenvalue weighted by atomic mass is 32.1. The number of thiazole rings is 1. The minimum absolute atomic E-state index is 0.0107. The average Bonchev–Trinajstić information content (AvgIpc) is 3.53. The summed E-state index contributed by atoms with van der Waals surface area (Å²) in [5, 5.41) is 0.946. The summed E-state index contributed by atoms with van der Waals surface area (Å²) in [6.07, 6.45) is 2.65. The van der Waals surface area contributed by atoms with Crippen LogP contribution < -0.4 is 4.90 Å². The summed E-state index contributed by atoms with van der Waals surface area (Å²) in [5.41, 5.74) is 1.24. The van der Waals surface area contributed by atoms with Crippen LogP contribution in [0.3, 0.4) is 0 Å². The molecule has 0 spiro atoms. The van der Waals surface area contributed by atoms with Crippen molar-refractivity contribution in [2.75, 3.05) is 18.0 Å². The predicted octanol–water partition coefficient (Wildman–Crippen LogP) is 3.96. The zero-order valence-electron chi connectivity index (χ0n) is 18.4. The maximum Gasteiger partial charge on any atom is 0.258 e. The van der Waals surface area contributed by atoms with Gasteiger partial charge in [0.1, 0.15) is 17.2 Å². The van der Waals surface area contributed by atoms with Crippen molar-refractivity contribution in [1.29, 1.82) is 0 Å². The fourth-order valence-electron chi connectivity index (χ4n) is 5.52. The molecule has 3 aliphatic rings. The number of nitrogens with zero attached hydrogens (tertiary/aromatic N) is 4. The van der Waals surface area contributed by atoms with Gasteiger partial charge in [0.2, 0.25) is 11.8 Å². The van der Waals surface area contributed by atoms with Crippen molar-refractivity contribution < 1.29 is 14.4 Å². The van der Waals surface area contributed by atoms with E-state index >= 15 is 0 Å².